The summed E-state index contributed by atoms with van der Waals surface area (Å²) in [5, 5.41) is 4.25. The smallest absolute Gasteiger partial charge is 0.230 e. The number of halogens is 2. The van der Waals surface area contributed by atoms with E-state index in [1.165, 1.54) is 11.8 Å². The molecule has 0 radical (unpaired) electrons. The van der Waals surface area contributed by atoms with Crippen molar-refractivity contribution in [2.24, 2.45) is 0 Å². The average molecular weight is 384 g/mol. The normalized spacial score (nSPS) is 11.8. The first-order valence-corrected chi connectivity index (χ1v) is 9.47. The molecule has 0 aliphatic rings. The summed E-state index contributed by atoms with van der Waals surface area (Å²) in [6, 6.07) is 14.8. The van der Waals surface area contributed by atoms with Gasteiger partial charge >= 0.3 is 0 Å². The summed E-state index contributed by atoms with van der Waals surface area (Å²) < 4.78 is 5.58. The number of ether oxygens (including phenoxy) is 1. The van der Waals surface area contributed by atoms with Gasteiger partial charge in [0.05, 0.1) is 23.4 Å². The monoisotopic (exact) mass is 383 g/mol. The lowest BCUT2D eigenvalue weighted by atomic mass is 10.1. The van der Waals surface area contributed by atoms with Gasteiger partial charge in [-0.1, -0.05) is 47.5 Å². The molecule has 3 nitrogen and oxygen atoms in total. The highest BCUT2D eigenvalue weighted by Crippen LogP contribution is 2.23. The summed E-state index contributed by atoms with van der Waals surface area (Å²) >= 11 is 13.4. The predicted octanol–water partition coefficient (Wildman–Crippen LogP) is 4.98. The summed E-state index contributed by atoms with van der Waals surface area (Å²) in [7, 11) is 0. The summed E-state index contributed by atoms with van der Waals surface area (Å²) in [5.74, 6) is 1.78. The fourth-order valence-electron chi connectivity index (χ4n) is 2.06. The van der Waals surface area contributed by atoms with Gasteiger partial charge in [0.25, 0.3) is 0 Å². The van der Waals surface area contributed by atoms with Crippen LogP contribution >= 0.6 is 35.0 Å². The van der Waals surface area contributed by atoms with Gasteiger partial charge in [-0.2, -0.15) is 0 Å². The number of rotatable bonds is 8. The van der Waals surface area contributed by atoms with Gasteiger partial charge in [0.15, 0.2) is 0 Å². The molecule has 2 aromatic carbocycles. The molecule has 6 heteroatoms. The number of nitrogens with one attached hydrogen (secondary N) is 1. The maximum Gasteiger partial charge on any atom is 0.230 e. The molecule has 0 spiro atoms. The van der Waals surface area contributed by atoms with Gasteiger partial charge in [-0.3, -0.25) is 4.79 Å². The van der Waals surface area contributed by atoms with Crippen molar-refractivity contribution in [3.63, 3.8) is 0 Å². The number of para-hydroxylation sites is 1. The molecule has 1 amide bonds. The first-order valence-electron chi connectivity index (χ1n) is 7.56. The fourth-order valence-corrected chi connectivity index (χ4v) is 2.99. The Balaban J connectivity index is 1.64. The van der Waals surface area contributed by atoms with Gasteiger partial charge in [0.2, 0.25) is 5.91 Å². The minimum Gasteiger partial charge on any atom is -0.491 e. The van der Waals surface area contributed by atoms with E-state index in [1.54, 1.807) is 6.07 Å². The predicted molar refractivity (Wildman–Crippen MR) is 102 cm³/mol. The first kappa shape index (κ1) is 19.0. The van der Waals surface area contributed by atoms with Crippen LogP contribution in [-0.4, -0.2) is 24.0 Å². The topological polar surface area (TPSA) is 38.3 Å². The molecule has 1 N–H and O–H groups in total. The van der Waals surface area contributed by atoms with Gasteiger partial charge in [-0.15, -0.1) is 11.8 Å². The van der Waals surface area contributed by atoms with Crippen LogP contribution in [0.2, 0.25) is 10.0 Å². The number of hydrogen-bond donors (Lipinski definition) is 1. The molecule has 0 unspecified atom stereocenters. The van der Waals surface area contributed by atoms with Crippen LogP contribution in [0.25, 0.3) is 0 Å². The Morgan fingerprint density at radius 1 is 1.17 bits per heavy atom. The Morgan fingerprint density at radius 2 is 1.88 bits per heavy atom. The van der Waals surface area contributed by atoms with Crippen LogP contribution in [0.3, 0.4) is 0 Å². The van der Waals surface area contributed by atoms with Crippen molar-refractivity contribution in [3.05, 3.63) is 64.1 Å². The Kier molecular flexibility index (Phi) is 7.76. The van der Waals surface area contributed by atoms with Gasteiger partial charge in [-0.25, -0.2) is 0 Å². The lowest BCUT2D eigenvalue weighted by Crippen LogP contribution is -2.28. The molecular weight excluding hydrogens is 365 g/mol. The quantitative estimate of drug-likeness (QED) is 0.652. The van der Waals surface area contributed by atoms with Crippen LogP contribution in [0.15, 0.2) is 48.5 Å². The average Bonchev–Trinajstić information content (AvgIpc) is 2.56. The number of carbonyl (C=O) groups is 1. The third kappa shape index (κ3) is 6.27. The SMILES string of the molecule is C[C@@H](NC(=O)CSCCOc1ccccc1Cl)c1ccc(Cl)cc1. The molecule has 1 atom stereocenters. The van der Waals surface area contributed by atoms with E-state index in [0.29, 0.717) is 33.9 Å². The zero-order valence-electron chi connectivity index (χ0n) is 13.3. The van der Waals surface area contributed by atoms with E-state index in [4.69, 9.17) is 27.9 Å². The molecule has 0 fully saturated rings. The van der Waals surface area contributed by atoms with Crippen LogP contribution in [-0.2, 0) is 4.79 Å². The van der Waals surface area contributed by atoms with Gasteiger partial charge in [0, 0.05) is 10.8 Å². The molecule has 0 bridgehead atoms. The minimum absolute atomic E-state index is 0.000179. The number of thioether (sulfide) groups is 1. The van der Waals surface area contributed by atoms with E-state index < -0.39 is 0 Å². The van der Waals surface area contributed by atoms with Crippen LogP contribution in [0.1, 0.15) is 18.5 Å². The summed E-state index contributed by atoms with van der Waals surface area (Å²) in [4.78, 5) is 12.0. The summed E-state index contributed by atoms with van der Waals surface area (Å²) in [6.45, 7) is 2.46. The third-order valence-electron chi connectivity index (χ3n) is 3.30. The maximum absolute atomic E-state index is 12.0. The van der Waals surface area contributed by atoms with E-state index in [0.717, 1.165) is 5.56 Å². The van der Waals surface area contributed by atoms with Gasteiger partial charge in [0.1, 0.15) is 5.75 Å². The van der Waals surface area contributed by atoms with Crippen LogP contribution in [0.5, 0.6) is 5.75 Å². The lowest BCUT2D eigenvalue weighted by molar-refractivity contribution is -0.119. The molecular formula is C18H19Cl2NO2S. The Labute approximate surface area is 156 Å². The second-order valence-electron chi connectivity index (χ2n) is 5.17. The number of benzene rings is 2. The highest BCUT2D eigenvalue weighted by molar-refractivity contribution is 7.99. The van der Waals surface area contributed by atoms with Crippen molar-refractivity contribution in [2.45, 2.75) is 13.0 Å². The van der Waals surface area contributed by atoms with Crippen molar-refractivity contribution >= 4 is 40.9 Å². The van der Waals surface area contributed by atoms with Crippen molar-refractivity contribution < 1.29 is 9.53 Å². The minimum atomic E-state index is -0.0465. The van der Waals surface area contributed by atoms with Crippen LogP contribution < -0.4 is 10.1 Å². The highest BCUT2D eigenvalue weighted by atomic mass is 35.5. The molecule has 0 saturated heterocycles. The second kappa shape index (κ2) is 9.82. The summed E-state index contributed by atoms with van der Waals surface area (Å²) in [5.41, 5.74) is 1.03. The van der Waals surface area contributed by atoms with E-state index in [9.17, 15) is 4.79 Å². The zero-order chi connectivity index (χ0) is 17.4. The fraction of sp³-hybridized carbons (Fsp3) is 0.278. The third-order valence-corrected chi connectivity index (χ3v) is 4.79. The van der Waals surface area contributed by atoms with Crippen molar-refractivity contribution in [1.29, 1.82) is 0 Å². The van der Waals surface area contributed by atoms with E-state index in [-0.39, 0.29) is 11.9 Å². The number of hydrogen-bond acceptors (Lipinski definition) is 3. The Bertz CT molecular complexity index is 664. The molecule has 2 rings (SSSR count). The van der Waals surface area contributed by atoms with Gasteiger partial charge < -0.3 is 10.1 Å². The molecule has 0 saturated carbocycles. The first-order chi connectivity index (χ1) is 11.6. The second-order valence-corrected chi connectivity index (χ2v) is 7.12. The van der Waals surface area contributed by atoms with Crippen molar-refractivity contribution in [3.8, 4) is 5.75 Å². The molecule has 0 aliphatic carbocycles. The summed E-state index contributed by atoms with van der Waals surface area (Å²) in [6.07, 6.45) is 0. The molecule has 24 heavy (non-hydrogen) atoms. The van der Waals surface area contributed by atoms with Crippen LogP contribution in [0.4, 0.5) is 0 Å². The van der Waals surface area contributed by atoms with Crippen molar-refractivity contribution in [1.82, 2.24) is 5.32 Å². The molecule has 0 heterocycles. The van der Waals surface area contributed by atoms with Crippen molar-refractivity contribution in [2.75, 3.05) is 18.1 Å². The van der Waals surface area contributed by atoms with E-state index >= 15 is 0 Å². The van der Waals surface area contributed by atoms with E-state index in [1.807, 2.05) is 49.4 Å². The maximum atomic E-state index is 12.0. The number of amides is 1. The molecule has 0 aromatic heterocycles. The van der Waals surface area contributed by atoms with Gasteiger partial charge in [-0.05, 0) is 36.8 Å². The lowest BCUT2D eigenvalue weighted by Gasteiger charge is -2.14. The zero-order valence-corrected chi connectivity index (χ0v) is 15.6. The Hall–Kier alpha value is -1.36. The standard InChI is InChI=1S/C18H19Cl2NO2S/c1-13(14-6-8-15(19)9-7-14)21-18(22)12-24-11-10-23-17-5-3-2-4-16(17)20/h2-9,13H,10-12H2,1H3,(H,21,22)/t13-/m1/s1. The molecule has 0 aliphatic heterocycles. The number of carbonyl (C=O) groups excluding carboxylic acids is 1. The van der Waals surface area contributed by atoms with E-state index in [2.05, 4.69) is 5.32 Å². The molecule has 128 valence electrons. The largest absolute Gasteiger partial charge is 0.491 e. The molecule has 2 aromatic rings. The van der Waals surface area contributed by atoms with Crippen LogP contribution in [0, 0.1) is 0 Å². The highest BCUT2D eigenvalue weighted by Gasteiger charge is 2.09. The Morgan fingerprint density at radius 3 is 2.58 bits per heavy atom.